The normalized spacial score (nSPS) is 11.3. The lowest BCUT2D eigenvalue weighted by molar-refractivity contribution is -0.130. The summed E-state index contributed by atoms with van der Waals surface area (Å²) in [4.78, 5) is 13.8. The van der Waals surface area contributed by atoms with Gasteiger partial charge in [0, 0.05) is 36.7 Å². The Balaban J connectivity index is 1.76. The molecule has 3 rings (SSSR count). The molecule has 0 unspecified atom stereocenters. The summed E-state index contributed by atoms with van der Waals surface area (Å²) in [6, 6.07) is 14.9. The Morgan fingerprint density at radius 1 is 0.975 bits per heavy atom. The Hall–Kier alpha value is -3.21. The Morgan fingerprint density at radius 3 is 2.42 bits per heavy atom. The number of nitrogens with zero attached hydrogens (tertiary/aromatic N) is 2. The van der Waals surface area contributed by atoms with Gasteiger partial charge in [-0.05, 0) is 68.3 Å². The Kier molecular flexibility index (Phi) is 11.7. The van der Waals surface area contributed by atoms with Crippen molar-refractivity contribution in [2.24, 2.45) is 5.73 Å². The molecule has 0 aliphatic rings. The minimum atomic E-state index is -4.32. The van der Waals surface area contributed by atoms with Crippen LogP contribution in [0.15, 0.2) is 71.6 Å². The number of para-hydroxylation sites is 1. The zero-order chi connectivity index (χ0) is 29.1. The Labute approximate surface area is 239 Å². The van der Waals surface area contributed by atoms with E-state index in [1.165, 1.54) is 24.3 Å². The fourth-order valence-electron chi connectivity index (χ4n) is 4.04. The second-order valence-electron chi connectivity index (χ2n) is 9.29. The number of hydrogen-bond donors (Lipinski definition) is 1. The van der Waals surface area contributed by atoms with Crippen LogP contribution < -0.4 is 14.8 Å². The van der Waals surface area contributed by atoms with Crippen LogP contribution in [0.25, 0.3) is 0 Å². The number of ether oxygens (including phenoxy) is 1. The highest BCUT2D eigenvalue weighted by molar-refractivity contribution is 7.92. The van der Waals surface area contributed by atoms with Crippen LogP contribution in [0.5, 0.6) is 5.75 Å². The van der Waals surface area contributed by atoms with E-state index in [1.54, 1.807) is 36.2 Å². The number of hydrogen-bond acceptors (Lipinski definition) is 5. The summed E-state index contributed by atoms with van der Waals surface area (Å²) in [5, 5.41) is 0.333. The molecule has 0 atom stereocenters. The Morgan fingerprint density at radius 2 is 1.70 bits per heavy atom. The van der Waals surface area contributed by atoms with E-state index in [2.05, 4.69) is 0 Å². The van der Waals surface area contributed by atoms with Crippen molar-refractivity contribution in [3.05, 3.63) is 89.0 Å². The van der Waals surface area contributed by atoms with Crippen molar-refractivity contribution in [1.29, 1.82) is 0 Å². The van der Waals surface area contributed by atoms with Crippen molar-refractivity contribution >= 4 is 33.2 Å². The third kappa shape index (κ3) is 8.64. The largest absolute Gasteiger partial charge is 0.493 e. The summed E-state index contributed by atoms with van der Waals surface area (Å²) in [6.07, 6.45) is 3.62. The molecule has 0 aliphatic carbocycles. The molecule has 3 aromatic rings. The molecule has 0 bridgehead atoms. The SMILES string of the molecule is CN(CCCOc1ccccc1CN(c1cc(F)ccc1F)S(=O)(=O)c1ccc(Cl)cc1)C(=O)CCCCCN. The maximum Gasteiger partial charge on any atom is 0.264 e. The lowest BCUT2D eigenvalue weighted by Crippen LogP contribution is -2.31. The first kappa shape index (κ1) is 31.3. The minimum absolute atomic E-state index is 0.0533. The highest BCUT2D eigenvalue weighted by atomic mass is 35.5. The van der Waals surface area contributed by atoms with Crippen LogP contribution in [-0.4, -0.2) is 46.0 Å². The molecule has 11 heteroatoms. The third-order valence-electron chi connectivity index (χ3n) is 6.28. The molecule has 2 N–H and O–H groups in total. The predicted octanol–water partition coefficient (Wildman–Crippen LogP) is 5.76. The molecule has 0 aromatic heterocycles. The van der Waals surface area contributed by atoms with E-state index in [4.69, 9.17) is 22.1 Å². The molecular formula is C29H34ClF2N3O4S. The van der Waals surface area contributed by atoms with E-state index in [0.29, 0.717) is 42.3 Å². The fraction of sp³-hybridized carbons (Fsp3) is 0.345. The molecule has 216 valence electrons. The number of sulfonamides is 1. The Bertz CT molecular complexity index is 1370. The standard InChI is InChI=1S/C29H34ClF2N3O4S/c1-34(29(36)10-3-2-6-17-33)18-7-19-39-28-9-5-4-8-22(28)21-35(27-20-24(31)13-16-26(27)32)40(37,38)25-14-11-23(30)12-15-25/h4-5,8-9,11-16,20H,2-3,6-7,10,17-19,21,33H2,1H3. The number of rotatable bonds is 15. The number of amides is 1. The van der Waals surface area contributed by atoms with Gasteiger partial charge in [0.2, 0.25) is 5.91 Å². The fourth-order valence-corrected chi connectivity index (χ4v) is 5.61. The van der Waals surface area contributed by atoms with Gasteiger partial charge in [0.1, 0.15) is 17.4 Å². The maximum absolute atomic E-state index is 14.9. The first-order chi connectivity index (χ1) is 19.1. The summed E-state index contributed by atoms with van der Waals surface area (Å²) in [5.41, 5.74) is 5.51. The summed E-state index contributed by atoms with van der Waals surface area (Å²) >= 11 is 5.93. The van der Waals surface area contributed by atoms with Crippen LogP contribution in [-0.2, 0) is 21.4 Å². The quantitative estimate of drug-likeness (QED) is 0.226. The van der Waals surface area contributed by atoms with Gasteiger partial charge in [0.25, 0.3) is 10.0 Å². The zero-order valence-corrected chi connectivity index (χ0v) is 23.9. The van der Waals surface area contributed by atoms with Gasteiger partial charge < -0.3 is 15.4 Å². The number of unbranched alkanes of at least 4 members (excludes halogenated alkanes) is 2. The number of anilines is 1. The van der Waals surface area contributed by atoms with Gasteiger partial charge in [0.15, 0.2) is 0 Å². The first-order valence-electron chi connectivity index (χ1n) is 13.0. The molecule has 0 saturated heterocycles. The minimum Gasteiger partial charge on any atom is -0.493 e. The van der Waals surface area contributed by atoms with Gasteiger partial charge in [-0.1, -0.05) is 36.2 Å². The molecule has 0 aliphatic heterocycles. The second kappa shape index (κ2) is 15.0. The topological polar surface area (TPSA) is 92.9 Å². The summed E-state index contributed by atoms with van der Waals surface area (Å²) in [5.74, 6) is -1.23. The average Bonchev–Trinajstić information content (AvgIpc) is 2.94. The van der Waals surface area contributed by atoms with Crippen LogP contribution in [0.2, 0.25) is 5.02 Å². The number of nitrogens with two attached hydrogens (primary N) is 1. The molecule has 0 heterocycles. The smallest absolute Gasteiger partial charge is 0.264 e. The van der Waals surface area contributed by atoms with Crippen molar-refractivity contribution < 1.29 is 26.7 Å². The first-order valence-corrected chi connectivity index (χ1v) is 14.8. The number of benzene rings is 3. The summed E-state index contributed by atoms with van der Waals surface area (Å²) in [6.45, 7) is 1.05. The van der Waals surface area contributed by atoms with Crippen molar-refractivity contribution in [2.45, 2.75) is 43.5 Å². The van der Waals surface area contributed by atoms with E-state index >= 15 is 0 Å². The van der Waals surface area contributed by atoms with Crippen LogP contribution in [0.3, 0.4) is 0 Å². The lowest BCUT2D eigenvalue weighted by Gasteiger charge is -2.26. The summed E-state index contributed by atoms with van der Waals surface area (Å²) < 4.78 is 63.1. The van der Waals surface area contributed by atoms with Crippen LogP contribution in [0.1, 0.15) is 37.7 Å². The van der Waals surface area contributed by atoms with Gasteiger partial charge >= 0.3 is 0 Å². The van der Waals surface area contributed by atoms with Gasteiger partial charge in [-0.15, -0.1) is 0 Å². The molecule has 0 spiro atoms. The van der Waals surface area contributed by atoms with Crippen LogP contribution >= 0.6 is 11.6 Å². The maximum atomic E-state index is 14.9. The highest BCUT2D eigenvalue weighted by Crippen LogP contribution is 2.31. The van der Waals surface area contributed by atoms with Crippen molar-refractivity contribution in [1.82, 2.24) is 4.90 Å². The van der Waals surface area contributed by atoms with E-state index in [9.17, 15) is 22.0 Å². The monoisotopic (exact) mass is 593 g/mol. The molecule has 1 amide bonds. The molecule has 40 heavy (non-hydrogen) atoms. The van der Waals surface area contributed by atoms with Crippen molar-refractivity contribution in [3.63, 3.8) is 0 Å². The zero-order valence-electron chi connectivity index (χ0n) is 22.4. The summed E-state index contributed by atoms with van der Waals surface area (Å²) in [7, 11) is -2.58. The molecule has 0 radical (unpaired) electrons. The van der Waals surface area contributed by atoms with E-state index < -0.39 is 27.3 Å². The predicted molar refractivity (Wildman–Crippen MR) is 153 cm³/mol. The molecule has 7 nitrogen and oxygen atoms in total. The molecule has 3 aromatic carbocycles. The van der Waals surface area contributed by atoms with Crippen LogP contribution in [0, 0.1) is 11.6 Å². The third-order valence-corrected chi connectivity index (χ3v) is 8.31. The van der Waals surface area contributed by atoms with Gasteiger partial charge in [-0.25, -0.2) is 17.2 Å². The van der Waals surface area contributed by atoms with E-state index in [1.807, 2.05) is 0 Å². The van der Waals surface area contributed by atoms with Crippen molar-refractivity contribution in [3.8, 4) is 5.75 Å². The van der Waals surface area contributed by atoms with Gasteiger partial charge in [0.05, 0.1) is 23.7 Å². The van der Waals surface area contributed by atoms with Crippen molar-refractivity contribution in [2.75, 3.05) is 31.0 Å². The molecule has 0 fully saturated rings. The lowest BCUT2D eigenvalue weighted by atomic mass is 10.2. The van der Waals surface area contributed by atoms with E-state index in [0.717, 1.165) is 41.8 Å². The molecular weight excluding hydrogens is 560 g/mol. The number of halogens is 3. The van der Waals surface area contributed by atoms with E-state index in [-0.39, 0.29) is 24.0 Å². The number of carbonyl (C=O) groups excluding carboxylic acids is 1. The molecule has 0 saturated carbocycles. The van der Waals surface area contributed by atoms with Gasteiger partial charge in [-0.2, -0.15) is 0 Å². The number of carbonyl (C=O) groups is 1. The highest BCUT2D eigenvalue weighted by Gasteiger charge is 2.29. The van der Waals surface area contributed by atoms with Gasteiger partial charge in [-0.3, -0.25) is 9.10 Å². The average molecular weight is 594 g/mol. The van der Waals surface area contributed by atoms with Crippen LogP contribution in [0.4, 0.5) is 14.5 Å². The second-order valence-corrected chi connectivity index (χ2v) is 11.6.